The molecule has 0 aliphatic rings. The zero-order valence-electron chi connectivity index (χ0n) is 14.1. The molecule has 0 saturated carbocycles. The molecule has 1 heterocycles. The van der Waals surface area contributed by atoms with Crippen LogP contribution in [0.4, 0.5) is 0 Å². The molecular weight excluding hydrogens is 338 g/mol. The largest absolute Gasteiger partial charge is 0.455 e. The molecule has 0 atom stereocenters. The third-order valence-corrected chi connectivity index (χ3v) is 4.44. The summed E-state index contributed by atoms with van der Waals surface area (Å²) in [6.45, 7) is 2.09. The molecule has 0 aliphatic heterocycles. The van der Waals surface area contributed by atoms with Crippen molar-refractivity contribution in [2.24, 2.45) is 0 Å². The monoisotopic (exact) mass is 355 g/mol. The fraction of sp³-hybridized carbons (Fsp3) is 0.200. The van der Waals surface area contributed by atoms with Crippen LogP contribution in [0.5, 0.6) is 0 Å². The molecule has 3 rings (SSSR count). The Bertz CT molecular complexity index is 979. The summed E-state index contributed by atoms with van der Waals surface area (Å²) in [7, 11) is 1.67. The molecule has 25 heavy (non-hydrogen) atoms. The van der Waals surface area contributed by atoms with Crippen LogP contribution < -0.4 is 5.43 Å². The van der Waals surface area contributed by atoms with Crippen molar-refractivity contribution in [3.05, 3.63) is 69.9 Å². The zero-order chi connectivity index (χ0) is 18.0. The Kier molecular flexibility index (Phi) is 4.91. The average Bonchev–Trinajstić information content (AvgIpc) is 2.65. The molecule has 5 heteroatoms. The predicted molar refractivity (Wildman–Crippen MR) is 99.9 cm³/mol. The van der Waals surface area contributed by atoms with Gasteiger partial charge in [0.05, 0.1) is 5.39 Å². The van der Waals surface area contributed by atoms with Gasteiger partial charge in [-0.15, -0.1) is 11.6 Å². The maximum absolute atomic E-state index is 12.8. The number of hydrogen-bond acceptors (Lipinski definition) is 3. The molecule has 0 fully saturated rings. The summed E-state index contributed by atoms with van der Waals surface area (Å²) in [4.78, 5) is 26.1. The number of benzene rings is 2. The number of alkyl halides is 1. The van der Waals surface area contributed by atoms with E-state index in [1.54, 1.807) is 26.1 Å². The fourth-order valence-corrected chi connectivity index (χ4v) is 3.01. The zero-order valence-corrected chi connectivity index (χ0v) is 14.8. The molecule has 1 amide bonds. The third-order valence-electron chi connectivity index (χ3n) is 4.21. The smallest absolute Gasteiger partial charge is 0.237 e. The topological polar surface area (TPSA) is 50.5 Å². The number of fused-ring (bicyclic) bond motifs is 1. The average molecular weight is 356 g/mol. The van der Waals surface area contributed by atoms with Crippen molar-refractivity contribution in [3.8, 4) is 11.3 Å². The minimum Gasteiger partial charge on any atom is -0.455 e. The van der Waals surface area contributed by atoms with E-state index in [1.807, 2.05) is 36.4 Å². The molecule has 0 N–H and O–H groups in total. The van der Waals surface area contributed by atoms with Gasteiger partial charge < -0.3 is 9.32 Å². The van der Waals surface area contributed by atoms with Crippen molar-refractivity contribution in [2.45, 2.75) is 13.5 Å². The second-order valence-electron chi connectivity index (χ2n) is 5.93. The number of hydrogen-bond donors (Lipinski definition) is 0. The van der Waals surface area contributed by atoms with Gasteiger partial charge in [-0.3, -0.25) is 9.59 Å². The molecule has 0 spiro atoms. The number of amides is 1. The van der Waals surface area contributed by atoms with E-state index in [-0.39, 0.29) is 17.2 Å². The summed E-state index contributed by atoms with van der Waals surface area (Å²) in [5.41, 5.74) is 2.63. The van der Waals surface area contributed by atoms with Crippen molar-refractivity contribution < 1.29 is 9.21 Å². The molecule has 128 valence electrons. The lowest BCUT2D eigenvalue weighted by molar-refractivity contribution is -0.127. The molecule has 0 bridgehead atoms. The minimum atomic E-state index is -0.184. The van der Waals surface area contributed by atoms with E-state index < -0.39 is 0 Å². The van der Waals surface area contributed by atoms with E-state index in [2.05, 4.69) is 0 Å². The van der Waals surface area contributed by atoms with Crippen LogP contribution in [-0.4, -0.2) is 23.7 Å². The maximum atomic E-state index is 12.8. The van der Waals surface area contributed by atoms with Crippen LogP contribution in [0, 0.1) is 6.92 Å². The highest BCUT2D eigenvalue weighted by Crippen LogP contribution is 2.27. The summed E-state index contributed by atoms with van der Waals surface area (Å²) in [6, 6.07) is 14.9. The highest BCUT2D eigenvalue weighted by molar-refractivity contribution is 6.27. The number of carbonyl (C=O) groups excluding carboxylic acids is 1. The second-order valence-corrected chi connectivity index (χ2v) is 6.20. The normalized spacial score (nSPS) is 10.8. The minimum absolute atomic E-state index is 0.0618. The van der Waals surface area contributed by atoms with Gasteiger partial charge in [-0.1, -0.05) is 42.5 Å². The van der Waals surface area contributed by atoms with E-state index >= 15 is 0 Å². The van der Waals surface area contributed by atoms with E-state index in [0.29, 0.717) is 28.8 Å². The molecule has 2 aromatic carbocycles. The molecule has 0 aliphatic carbocycles. The molecule has 4 nitrogen and oxygen atoms in total. The quantitative estimate of drug-likeness (QED) is 0.665. The van der Waals surface area contributed by atoms with Crippen LogP contribution >= 0.6 is 11.6 Å². The van der Waals surface area contributed by atoms with E-state index in [9.17, 15) is 9.59 Å². The predicted octanol–water partition coefficient (Wildman–Crippen LogP) is 3.97. The first-order chi connectivity index (χ1) is 12.0. The van der Waals surface area contributed by atoms with E-state index in [0.717, 1.165) is 11.1 Å². The molecule has 0 radical (unpaired) electrons. The van der Waals surface area contributed by atoms with Crippen molar-refractivity contribution >= 4 is 28.5 Å². The summed E-state index contributed by atoms with van der Waals surface area (Å²) >= 11 is 5.62. The third kappa shape index (κ3) is 3.30. The van der Waals surface area contributed by atoms with Crippen LogP contribution in [0.2, 0.25) is 0 Å². The van der Waals surface area contributed by atoms with Gasteiger partial charge in [-0.2, -0.15) is 0 Å². The van der Waals surface area contributed by atoms with Gasteiger partial charge in [-0.25, -0.2) is 0 Å². The number of rotatable bonds is 4. The van der Waals surface area contributed by atoms with Crippen LogP contribution in [0.1, 0.15) is 11.1 Å². The summed E-state index contributed by atoms with van der Waals surface area (Å²) < 4.78 is 6.13. The van der Waals surface area contributed by atoms with E-state index in [4.69, 9.17) is 16.0 Å². The van der Waals surface area contributed by atoms with Crippen LogP contribution in [0.25, 0.3) is 22.3 Å². The molecule has 1 aromatic heterocycles. The first-order valence-corrected chi connectivity index (χ1v) is 8.47. The van der Waals surface area contributed by atoms with Crippen LogP contribution in [0.15, 0.2) is 57.7 Å². The van der Waals surface area contributed by atoms with Crippen LogP contribution in [0.3, 0.4) is 0 Å². The van der Waals surface area contributed by atoms with Gasteiger partial charge >= 0.3 is 0 Å². The lowest BCUT2D eigenvalue weighted by Gasteiger charge is -2.17. The lowest BCUT2D eigenvalue weighted by atomic mass is 10.0. The first kappa shape index (κ1) is 17.2. The molecular formula is C20H18ClNO3. The van der Waals surface area contributed by atoms with Gasteiger partial charge in [0, 0.05) is 30.3 Å². The standard InChI is InChI=1S/C20H18ClNO3/c1-13-18(24)16-10-6-9-15(12-22(2)17(23)11-21)20(16)25-19(13)14-7-4-3-5-8-14/h3-10H,11-12H2,1-2H3. The fourth-order valence-electron chi connectivity index (χ4n) is 2.80. The number of para-hydroxylation sites is 1. The summed E-state index contributed by atoms with van der Waals surface area (Å²) in [5.74, 6) is 0.285. The Morgan fingerprint density at radius 1 is 1.12 bits per heavy atom. The summed E-state index contributed by atoms with van der Waals surface area (Å²) in [6.07, 6.45) is 0. The number of halogens is 1. The van der Waals surface area contributed by atoms with Gasteiger partial charge in [0.15, 0.2) is 5.43 Å². The number of carbonyl (C=O) groups is 1. The van der Waals surface area contributed by atoms with Crippen molar-refractivity contribution in [3.63, 3.8) is 0 Å². The van der Waals surface area contributed by atoms with Gasteiger partial charge in [0.2, 0.25) is 5.91 Å². The summed E-state index contributed by atoms with van der Waals surface area (Å²) in [5, 5.41) is 0.515. The Morgan fingerprint density at radius 3 is 2.52 bits per heavy atom. The van der Waals surface area contributed by atoms with Crippen LogP contribution in [-0.2, 0) is 11.3 Å². The van der Waals surface area contributed by atoms with Gasteiger partial charge in [-0.05, 0) is 13.0 Å². The van der Waals surface area contributed by atoms with Gasteiger partial charge in [0.25, 0.3) is 0 Å². The Morgan fingerprint density at radius 2 is 1.84 bits per heavy atom. The SMILES string of the molecule is Cc1c(-c2ccccc2)oc2c(CN(C)C(=O)CCl)cccc2c1=O. The second kappa shape index (κ2) is 7.11. The maximum Gasteiger partial charge on any atom is 0.237 e. The Balaban J connectivity index is 2.19. The van der Waals surface area contributed by atoms with Crippen molar-refractivity contribution in [2.75, 3.05) is 12.9 Å². The highest BCUT2D eigenvalue weighted by Gasteiger charge is 2.16. The first-order valence-electron chi connectivity index (χ1n) is 7.93. The van der Waals surface area contributed by atoms with E-state index in [1.165, 1.54) is 4.90 Å². The number of nitrogens with zero attached hydrogens (tertiary/aromatic N) is 1. The highest BCUT2D eigenvalue weighted by atomic mass is 35.5. The van der Waals surface area contributed by atoms with Crippen molar-refractivity contribution in [1.29, 1.82) is 0 Å². The molecule has 0 unspecified atom stereocenters. The molecule has 3 aromatic rings. The Hall–Kier alpha value is -2.59. The lowest BCUT2D eigenvalue weighted by Crippen LogP contribution is -2.27. The van der Waals surface area contributed by atoms with Crippen molar-refractivity contribution in [1.82, 2.24) is 4.90 Å². The Labute approximate surface area is 150 Å². The van der Waals surface area contributed by atoms with Gasteiger partial charge in [0.1, 0.15) is 17.2 Å². The molecule has 0 saturated heterocycles.